The molecule has 0 radical (unpaired) electrons. The monoisotopic (exact) mass is 330 g/mol. The van der Waals surface area contributed by atoms with Crippen LogP contribution in [0.25, 0.3) is 0 Å². The summed E-state index contributed by atoms with van der Waals surface area (Å²) in [6.45, 7) is 6.27. The highest BCUT2D eigenvalue weighted by molar-refractivity contribution is 7.89. The fourth-order valence-electron chi connectivity index (χ4n) is 2.70. The Balaban J connectivity index is 2.37. The van der Waals surface area contributed by atoms with Gasteiger partial charge in [0.1, 0.15) is 0 Å². The lowest BCUT2D eigenvalue weighted by Crippen LogP contribution is -2.45. The summed E-state index contributed by atoms with van der Waals surface area (Å²) in [4.78, 5) is 25.5. The predicted molar refractivity (Wildman–Crippen MR) is 82.3 cm³/mol. The van der Waals surface area contributed by atoms with Crippen molar-refractivity contribution in [2.45, 2.75) is 24.8 Å². The van der Waals surface area contributed by atoms with E-state index < -0.39 is 26.2 Å². The van der Waals surface area contributed by atoms with E-state index in [4.69, 9.17) is 0 Å². The van der Waals surface area contributed by atoms with Crippen molar-refractivity contribution in [1.29, 1.82) is 0 Å². The van der Waals surface area contributed by atoms with Crippen LogP contribution >= 0.6 is 0 Å². The summed E-state index contributed by atoms with van der Waals surface area (Å²) >= 11 is 0. The summed E-state index contributed by atoms with van der Waals surface area (Å²) in [6.07, 6.45) is 1.07. The Morgan fingerprint density at radius 1 is 1.27 bits per heavy atom. The number of hydrogen-bond donors (Lipinski definition) is 1. The van der Waals surface area contributed by atoms with Crippen LogP contribution in [0.2, 0.25) is 0 Å². The molecule has 8 nitrogen and oxygen atoms in total. The standard InChI is InChI=1S/C13H22N4O4S/c1-5-17-6-9(2)10(7-17)14-22(20,21)11-8-15(3)13(19)16(4)12(11)18/h8-10,14H,5-7H2,1-4H3/t9-,10-/m0/s1. The maximum absolute atomic E-state index is 12.5. The average Bonchev–Trinajstić information content (AvgIpc) is 2.80. The van der Waals surface area contributed by atoms with Gasteiger partial charge in [-0.15, -0.1) is 0 Å². The van der Waals surface area contributed by atoms with E-state index in [2.05, 4.69) is 9.62 Å². The molecule has 0 aromatic carbocycles. The molecule has 0 spiro atoms. The predicted octanol–water partition coefficient (Wildman–Crippen LogP) is -1.30. The highest BCUT2D eigenvalue weighted by Gasteiger charge is 2.33. The van der Waals surface area contributed by atoms with Gasteiger partial charge in [0.25, 0.3) is 5.56 Å². The average molecular weight is 330 g/mol. The first-order valence-corrected chi connectivity index (χ1v) is 8.67. The molecule has 2 rings (SSSR count). The molecular formula is C13H22N4O4S. The van der Waals surface area contributed by atoms with Crippen molar-refractivity contribution in [3.05, 3.63) is 27.0 Å². The molecule has 1 aliphatic rings. The van der Waals surface area contributed by atoms with Gasteiger partial charge in [-0.25, -0.2) is 17.9 Å². The molecule has 1 saturated heterocycles. The third-order valence-corrected chi connectivity index (χ3v) is 5.62. The minimum absolute atomic E-state index is 0.158. The number of nitrogens with one attached hydrogen (secondary N) is 1. The first kappa shape index (κ1) is 16.9. The van der Waals surface area contributed by atoms with Gasteiger partial charge in [-0.05, 0) is 12.5 Å². The molecule has 1 aromatic rings. The Kier molecular flexibility index (Phi) is 4.59. The fourth-order valence-corrected chi connectivity index (χ4v) is 4.20. The van der Waals surface area contributed by atoms with Crippen molar-refractivity contribution in [2.24, 2.45) is 20.0 Å². The summed E-state index contributed by atoms with van der Waals surface area (Å²) in [7, 11) is -1.29. The van der Waals surface area contributed by atoms with Gasteiger partial charge in [-0.3, -0.25) is 9.36 Å². The van der Waals surface area contributed by atoms with Gasteiger partial charge in [0, 0.05) is 39.4 Å². The number of likely N-dealkylation sites (N-methyl/N-ethyl adjacent to an activating group) is 1. The third kappa shape index (κ3) is 3.01. The summed E-state index contributed by atoms with van der Waals surface area (Å²) in [5, 5.41) is 0. The smallest absolute Gasteiger partial charge is 0.302 e. The highest BCUT2D eigenvalue weighted by Crippen LogP contribution is 2.17. The molecule has 124 valence electrons. The number of aryl methyl sites for hydroxylation is 1. The minimum atomic E-state index is -3.97. The van der Waals surface area contributed by atoms with Crippen LogP contribution in [0.15, 0.2) is 20.7 Å². The van der Waals surface area contributed by atoms with Crippen molar-refractivity contribution < 1.29 is 8.42 Å². The lowest BCUT2D eigenvalue weighted by atomic mass is 10.1. The SMILES string of the molecule is CCN1C[C@H](NS(=O)(=O)c2cn(C)c(=O)n(C)c2=O)[C@@H](C)C1. The van der Waals surface area contributed by atoms with Gasteiger partial charge in [0.05, 0.1) is 0 Å². The topological polar surface area (TPSA) is 93.4 Å². The number of aromatic nitrogens is 2. The molecule has 0 bridgehead atoms. The Morgan fingerprint density at radius 2 is 1.91 bits per heavy atom. The summed E-state index contributed by atoms with van der Waals surface area (Å²) in [5.41, 5.74) is -1.37. The summed E-state index contributed by atoms with van der Waals surface area (Å²) in [5.74, 6) is 0.158. The van der Waals surface area contributed by atoms with Crippen LogP contribution in [0.3, 0.4) is 0 Å². The normalized spacial score (nSPS) is 23.1. The van der Waals surface area contributed by atoms with Crippen LogP contribution in [0, 0.1) is 5.92 Å². The number of hydrogen-bond acceptors (Lipinski definition) is 5. The molecule has 0 amide bonds. The van der Waals surface area contributed by atoms with Gasteiger partial charge in [-0.1, -0.05) is 13.8 Å². The molecule has 1 aromatic heterocycles. The molecule has 9 heteroatoms. The second-order valence-corrected chi connectivity index (χ2v) is 7.49. The zero-order valence-corrected chi connectivity index (χ0v) is 14.1. The van der Waals surface area contributed by atoms with Crippen molar-refractivity contribution in [3.63, 3.8) is 0 Å². The number of rotatable bonds is 4. The first-order valence-electron chi connectivity index (χ1n) is 7.18. The van der Waals surface area contributed by atoms with E-state index in [1.165, 1.54) is 14.1 Å². The van der Waals surface area contributed by atoms with Crippen LogP contribution in [0.4, 0.5) is 0 Å². The Bertz CT molecular complexity index is 780. The van der Waals surface area contributed by atoms with E-state index >= 15 is 0 Å². The van der Waals surface area contributed by atoms with Crippen LogP contribution < -0.4 is 16.0 Å². The molecule has 0 unspecified atom stereocenters. The Morgan fingerprint density at radius 3 is 2.45 bits per heavy atom. The molecule has 1 aliphatic heterocycles. The van der Waals surface area contributed by atoms with Gasteiger partial charge < -0.3 is 9.47 Å². The van der Waals surface area contributed by atoms with Gasteiger partial charge in [0.2, 0.25) is 10.0 Å². The third-order valence-electron chi connectivity index (χ3n) is 4.15. The van der Waals surface area contributed by atoms with Crippen molar-refractivity contribution in [3.8, 4) is 0 Å². The fraction of sp³-hybridized carbons (Fsp3) is 0.692. The van der Waals surface area contributed by atoms with Gasteiger partial charge in [0.15, 0.2) is 4.90 Å². The first-order chi connectivity index (χ1) is 10.2. The van der Waals surface area contributed by atoms with E-state index in [1.807, 2.05) is 13.8 Å². The molecule has 1 fully saturated rings. The van der Waals surface area contributed by atoms with Gasteiger partial charge in [-0.2, -0.15) is 0 Å². The largest absolute Gasteiger partial charge is 0.330 e. The van der Waals surface area contributed by atoms with Crippen molar-refractivity contribution >= 4 is 10.0 Å². The second-order valence-electron chi connectivity index (χ2n) is 5.81. The van der Waals surface area contributed by atoms with Crippen molar-refractivity contribution in [2.75, 3.05) is 19.6 Å². The lowest BCUT2D eigenvalue weighted by molar-refractivity contribution is 0.344. The minimum Gasteiger partial charge on any atom is -0.302 e. The zero-order valence-electron chi connectivity index (χ0n) is 13.2. The maximum Gasteiger partial charge on any atom is 0.330 e. The molecule has 2 atom stereocenters. The Labute approximate surface area is 129 Å². The number of sulfonamides is 1. The summed E-state index contributed by atoms with van der Waals surface area (Å²) in [6, 6.07) is -0.244. The van der Waals surface area contributed by atoms with E-state index in [0.29, 0.717) is 6.54 Å². The molecule has 1 N–H and O–H groups in total. The van der Waals surface area contributed by atoms with Gasteiger partial charge >= 0.3 is 5.69 Å². The quantitative estimate of drug-likeness (QED) is 0.741. The van der Waals surface area contributed by atoms with Crippen molar-refractivity contribution in [1.82, 2.24) is 18.8 Å². The van der Waals surface area contributed by atoms with Crippen LogP contribution in [0.1, 0.15) is 13.8 Å². The molecule has 22 heavy (non-hydrogen) atoms. The lowest BCUT2D eigenvalue weighted by Gasteiger charge is -2.17. The molecule has 0 saturated carbocycles. The summed E-state index contributed by atoms with van der Waals surface area (Å²) < 4.78 is 29.5. The molecule has 2 heterocycles. The second kappa shape index (κ2) is 5.98. The van der Waals surface area contributed by atoms with E-state index in [-0.39, 0.29) is 12.0 Å². The number of nitrogens with zero attached hydrogens (tertiary/aromatic N) is 3. The molecular weight excluding hydrogens is 308 g/mol. The maximum atomic E-state index is 12.5. The number of likely N-dealkylation sites (tertiary alicyclic amines) is 1. The van der Waals surface area contributed by atoms with Crippen LogP contribution in [-0.4, -0.2) is 48.1 Å². The molecule has 0 aliphatic carbocycles. The van der Waals surface area contributed by atoms with Crippen LogP contribution in [-0.2, 0) is 24.1 Å². The van der Waals surface area contributed by atoms with E-state index in [0.717, 1.165) is 28.4 Å². The zero-order chi connectivity index (χ0) is 16.7. The van der Waals surface area contributed by atoms with Crippen LogP contribution in [0.5, 0.6) is 0 Å². The Hall–Kier alpha value is -1.45. The van der Waals surface area contributed by atoms with E-state index in [9.17, 15) is 18.0 Å². The highest BCUT2D eigenvalue weighted by atomic mass is 32.2. The van der Waals surface area contributed by atoms with E-state index in [1.54, 1.807) is 0 Å².